The molecular weight excluding hydrogens is 393 g/mol. The highest BCUT2D eigenvalue weighted by molar-refractivity contribution is 14.0. The van der Waals surface area contributed by atoms with Crippen molar-refractivity contribution in [3.05, 3.63) is 34.9 Å². The molecule has 0 aromatic heterocycles. The van der Waals surface area contributed by atoms with Crippen LogP contribution in [0.2, 0.25) is 0 Å². The number of carbonyl (C=O) groups excluding carboxylic acids is 1. The normalized spacial score (nSPS) is 10.6. The molecule has 0 bridgehead atoms. The van der Waals surface area contributed by atoms with Gasteiger partial charge in [-0.05, 0) is 31.9 Å². The number of aryl methyl sites for hydroxylation is 2. The van der Waals surface area contributed by atoms with Crippen molar-refractivity contribution in [1.82, 2.24) is 10.6 Å². The van der Waals surface area contributed by atoms with Crippen molar-refractivity contribution in [2.75, 3.05) is 20.2 Å². The number of hydrogen-bond donors (Lipinski definition) is 2. The monoisotopic (exact) mass is 419 g/mol. The van der Waals surface area contributed by atoms with Crippen molar-refractivity contribution < 1.29 is 9.53 Å². The van der Waals surface area contributed by atoms with Gasteiger partial charge in [-0.1, -0.05) is 23.8 Å². The number of ether oxygens (including phenoxy) is 1. The molecule has 0 radical (unpaired) electrons. The Hall–Kier alpha value is -1.31. The van der Waals surface area contributed by atoms with Crippen molar-refractivity contribution in [1.29, 1.82) is 0 Å². The Morgan fingerprint density at radius 2 is 2.00 bits per heavy atom. The number of methoxy groups -OCH3 is 1. The standard InChI is InChI=1S/C16H25N3O2.HI/c1-5-17-16(18-9-8-15(20)21-4)19-11-14-7-6-12(2)10-13(14)3;/h6-7,10H,5,8-9,11H2,1-4H3,(H2,17,18,19);1H. The van der Waals surface area contributed by atoms with Crippen LogP contribution in [-0.2, 0) is 16.1 Å². The Bertz CT molecular complexity index is 504. The average molecular weight is 419 g/mol. The molecule has 0 saturated heterocycles. The third kappa shape index (κ3) is 7.63. The van der Waals surface area contributed by atoms with Crippen LogP contribution in [0.1, 0.15) is 30.0 Å². The van der Waals surface area contributed by atoms with Gasteiger partial charge in [-0.15, -0.1) is 24.0 Å². The highest BCUT2D eigenvalue weighted by Gasteiger charge is 2.03. The number of guanidine groups is 1. The van der Waals surface area contributed by atoms with E-state index in [1.165, 1.54) is 23.8 Å². The molecule has 1 rings (SSSR count). The fourth-order valence-corrected chi connectivity index (χ4v) is 1.91. The van der Waals surface area contributed by atoms with Crippen molar-refractivity contribution in [2.24, 2.45) is 4.99 Å². The fraction of sp³-hybridized carbons (Fsp3) is 0.500. The number of halogens is 1. The lowest BCUT2D eigenvalue weighted by Crippen LogP contribution is -2.38. The van der Waals surface area contributed by atoms with Crippen molar-refractivity contribution in [3.8, 4) is 0 Å². The zero-order valence-corrected chi connectivity index (χ0v) is 16.1. The zero-order chi connectivity index (χ0) is 15.7. The van der Waals surface area contributed by atoms with Gasteiger partial charge in [0.2, 0.25) is 0 Å². The smallest absolute Gasteiger partial charge is 0.307 e. The van der Waals surface area contributed by atoms with Crippen molar-refractivity contribution in [3.63, 3.8) is 0 Å². The third-order valence-electron chi connectivity index (χ3n) is 3.10. The molecule has 0 aliphatic rings. The van der Waals surface area contributed by atoms with E-state index in [9.17, 15) is 4.79 Å². The van der Waals surface area contributed by atoms with Gasteiger partial charge in [0.15, 0.2) is 5.96 Å². The van der Waals surface area contributed by atoms with E-state index >= 15 is 0 Å². The minimum Gasteiger partial charge on any atom is -0.469 e. The van der Waals surface area contributed by atoms with Gasteiger partial charge in [-0.25, -0.2) is 4.99 Å². The van der Waals surface area contributed by atoms with Gasteiger partial charge in [-0.3, -0.25) is 4.79 Å². The van der Waals surface area contributed by atoms with Gasteiger partial charge >= 0.3 is 5.97 Å². The van der Waals surface area contributed by atoms with E-state index in [0.717, 1.165) is 6.54 Å². The summed E-state index contributed by atoms with van der Waals surface area (Å²) in [6.45, 7) is 8.07. The van der Waals surface area contributed by atoms with E-state index in [4.69, 9.17) is 0 Å². The lowest BCUT2D eigenvalue weighted by molar-refractivity contribution is -0.140. The van der Waals surface area contributed by atoms with Crippen LogP contribution in [0.5, 0.6) is 0 Å². The molecular formula is C16H26IN3O2. The quantitative estimate of drug-likeness (QED) is 0.322. The number of benzene rings is 1. The topological polar surface area (TPSA) is 62.7 Å². The molecule has 0 saturated carbocycles. The molecule has 1 aromatic carbocycles. The summed E-state index contributed by atoms with van der Waals surface area (Å²) in [5, 5.41) is 6.29. The molecule has 0 aliphatic carbocycles. The molecule has 0 unspecified atom stereocenters. The summed E-state index contributed by atoms with van der Waals surface area (Å²) >= 11 is 0. The van der Waals surface area contributed by atoms with Crippen LogP contribution in [0.25, 0.3) is 0 Å². The second kappa shape index (κ2) is 11.3. The third-order valence-corrected chi connectivity index (χ3v) is 3.10. The van der Waals surface area contributed by atoms with Crippen molar-refractivity contribution in [2.45, 2.75) is 33.7 Å². The molecule has 0 fully saturated rings. The Balaban J connectivity index is 0.00000441. The van der Waals surface area contributed by atoms with E-state index in [1.807, 2.05) is 6.92 Å². The number of aliphatic imine (C=N–C) groups is 1. The maximum atomic E-state index is 11.1. The largest absolute Gasteiger partial charge is 0.469 e. The first-order valence-corrected chi connectivity index (χ1v) is 7.22. The van der Waals surface area contributed by atoms with Gasteiger partial charge in [0, 0.05) is 13.1 Å². The highest BCUT2D eigenvalue weighted by atomic mass is 127. The van der Waals surface area contributed by atoms with Crippen LogP contribution in [0.4, 0.5) is 0 Å². The number of rotatable bonds is 6. The number of hydrogen-bond acceptors (Lipinski definition) is 3. The summed E-state index contributed by atoms with van der Waals surface area (Å²) in [5.41, 5.74) is 3.69. The molecule has 6 heteroatoms. The zero-order valence-electron chi connectivity index (χ0n) is 13.7. The molecule has 0 aliphatic heterocycles. The van der Waals surface area contributed by atoms with Crippen LogP contribution < -0.4 is 10.6 Å². The maximum Gasteiger partial charge on any atom is 0.307 e. The van der Waals surface area contributed by atoms with Gasteiger partial charge in [-0.2, -0.15) is 0 Å². The first kappa shape index (κ1) is 20.7. The van der Waals surface area contributed by atoms with Crippen LogP contribution >= 0.6 is 24.0 Å². The number of esters is 1. The number of nitrogens with one attached hydrogen (secondary N) is 2. The molecule has 124 valence electrons. The van der Waals surface area contributed by atoms with Crippen LogP contribution in [0.3, 0.4) is 0 Å². The van der Waals surface area contributed by atoms with Crippen LogP contribution in [0.15, 0.2) is 23.2 Å². The summed E-state index contributed by atoms with van der Waals surface area (Å²) in [5.74, 6) is 0.481. The minimum absolute atomic E-state index is 0. The first-order valence-electron chi connectivity index (χ1n) is 7.22. The van der Waals surface area contributed by atoms with Gasteiger partial charge in [0.05, 0.1) is 20.1 Å². The number of nitrogens with zero attached hydrogens (tertiary/aromatic N) is 1. The maximum absolute atomic E-state index is 11.1. The van der Waals surface area contributed by atoms with Gasteiger partial charge in [0.1, 0.15) is 0 Å². The second-order valence-corrected chi connectivity index (χ2v) is 4.88. The molecule has 0 heterocycles. The second-order valence-electron chi connectivity index (χ2n) is 4.88. The molecule has 0 spiro atoms. The molecule has 1 aromatic rings. The Morgan fingerprint density at radius 1 is 1.27 bits per heavy atom. The van der Waals surface area contributed by atoms with E-state index in [2.05, 4.69) is 52.4 Å². The van der Waals surface area contributed by atoms with E-state index in [1.54, 1.807) is 0 Å². The summed E-state index contributed by atoms with van der Waals surface area (Å²) in [6.07, 6.45) is 0.324. The first-order chi connectivity index (χ1) is 10.1. The summed E-state index contributed by atoms with van der Waals surface area (Å²) in [7, 11) is 1.39. The summed E-state index contributed by atoms with van der Waals surface area (Å²) < 4.78 is 4.61. The highest BCUT2D eigenvalue weighted by Crippen LogP contribution is 2.11. The minimum atomic E-state index is -0.229. The summed E-state index contributed by atoms with van der Waals surface area (Å²) in [6, 6.07) is 6.35. The van der Waals surface area contributed by atoms with E-state index < -0.39 is 0 Å². The van der Waals surface area contributed by atoms with Crippen molar-refractivity contribution >= 4 is 35.9 Å². The summed E-state index contributed by atoms with van der Waals surface area (Å²) in [4.78, 5) is 15.6. The van der Waals surface area contributed by atoms with E-state index in [-0.39, 0.29) is 29.9 Å². The molecule has 5 nitrogen and oxygen atoms in total. The van der Waals surface area contributed by atoms with Gasteiger partial charge in [0.25, 0.3) is 0 Å². The lowest BCUT2D eigenvalue weighted by atomic mass is 10.1. The average Bonchev–Trinajstić information content (AvgIpc) is 2.45. The van der Waals surface area contributed by atoms with Gasteiger partial charge < -0.3 is 15.4 Å². The number of carbonyl (C=O) groups is 1. The molecule has 22 heavy (non-hydrogen) atoms. The predicted octanol–water partition coefficient (Wildman–Crippen LogP) is 2.54. The Labute approximate surface area is 149 Å². The van der Waals surface area contributed by atoms with Crippen LogP contribution in [0, 0.1) is 13.8 Å². The van der Waals surface area contributed by atoms with E-state index in [0.29, 0.717) is 25.5 Å². The Kier molecular flexibility index (Phi) is 10.6. The molecule has 2 N–H and O–H groups in total. The lowest BCUT2D eigenvalue weighted by Gasteiger charge is -2.11. The van der Waals surface area contributed by atoms with Crippen LogP contribution in [-0.4, -0.2) is 32.1 Å². The fourth-order valence-electron chi connectivity index (χ4n) is 1.91. The predicted molar refractivity (Wildman–Crippen MR) is 101 cm³/mol. The Morgan fingerprint density at radius 3 is 2.59 bits per heavy atom. The molecule has 0 amide bonds. The molecule has 0 atom stereocenters. The SMILES string of the molecule is CCNC(=NCc1ccc(C)cc1C)NCCC(=O)OC.I.